The van der Waals surface area contributed by atoms with Crippen LogP contribution in [0.3, 0.4) is 0 Å². The summed E-state index contributed by atoms with van der Waals surface area (Å²) in [7, 11) is 0. The van der Waals surface area contributed by atoms with E-state index in [1.54, 1.807) is 0 Å². The molecule has 0 saturated heterocycles. The topological polar surface area (TPSA) is 0 Å². The molecule has 0 spiro atoms. The van der Waals surface area contributed by atoms with Crippen LogP contribution in [0.4, 0.5) is 0 Å². The molecule has 0 atom stereocenters. The van der Waals surface area contributed by atoms with Gasteiger partial charge in [0.25, 0.3) is 0 Å². The van der Waals surface area contributed by atoms with Crippen LogP contribution in [0, 0.1) is 0 Å². The summed E-state index contributed by atoms with van der Waals surface area (Å²) in [5.41, 5.74) is 1.55. The maximum Gasteiger partial charge on any atom is -0.00195 e. The number of hydrogen-bond donors (Lipinski definition) is 0. The minimum absolute atomic E-state index is 0.147. The van der Waals surface area contributed by atoms with E-state index in [0.29, 0.717) is 0 Å². The van der Waals surface area contributed by atoms with Crippen molar-refractivity contribution in [3.8, 4) is 0 Å². The van der Waals surface area contributed by atoms with Crippen LogP contribution in [0.5, 0.6) is 0 Å². The van der Waals surface area contributed by atoms with E-state index in [1.165, 1.54) is 70.2 Å². The van der Waals surface area contributed by atoms with Gasteiger partial charge in [-0.1, -0.05) is 81.4 Å². The molecular formula is C30H22. The highest BCUT2D eigenvalue weighted by molar-refractivity contribution is 6.40. The fourth-order valence-electron chi connectivity index (χ4n) is 5.44. The zero-order chi connectivity index (χ0) is 20.2. The SMILES string of the molecule is CC(C)(C)c1cc2ccc3cc4c5cc6ccccc6cc5c4c4ccc(c1)c2c34. The van der Waals surface area contributed by atoms with Gasteiger partial charge in [0.1, 0.15) is 0 Å². The lowest BCUT2D eigenvalue weighted by Crippen LogP contribution is -2.10. The van der Waals surface area contributed by atoms with Gasteiger partial charge in [0, 0.05) is 0 Å². The number of fused-ring (bicyclic) bond motifs is 6. The van der Waals surface area contributed by atoms with Gasteiger partial charge in [-0.2, -0.15) is 0 Å². The van der Waals surface area contributed by atoms with Crippen LogP contribution in [0.15, 0.2) is 78.9 Å². The molecule has 0 saturated carbocycles. The van der Waals surface area contributed by atoms with Crippen molar-refractivity contribution in [1.29, 1.82) is 0 Å². The van der Waals surface area contributed by atoms with E-state index in [9.17, 15) is 0 Å². The van der Waals surface area contributed by atoms with Crippen LogP contribution in [0.2, 0.25) is 0 Å². The van der Waals surface area contributed by atoms with E-state index in [-0.39, 0.29) is 5.41 Å². The third-order valence-electron chi connectivity index (χ3n) is 7.03. The molecular weight excluding hydrogens is 360 g/mol. The molecule has 0 heteroatoms. The van der Waals surface area contributed by atoms with Crippen LogP contribution in [0.25, 0.3) is 64.6 Å². The molecule has 0 aliphatic rings. The molecule has 7 rings (SSSR count). The van der Waals surface area contributed by atoms with Gasteiger partial charge < -0.3 is 0 Å². The second kappa shape index (κ2) is 5.21. The Balaban J connectivity index is 1.67. The lowest BCUT2D eigenvalue weighted by Gasteiger charge is -2.23. The van der Waals surface area contributed by atoms with Gasteiger partial charge in [0.15, 0.2) is 0 Å². The van der Waals surface area contributed by atoms with Gasteiger partial charge in [0.2, 0.25) is 0 Å². The molecule has 7 aromatic rings. The molecule has 0 aliphatic heterocycles. The third kappa shape index (κ3) is 1.96. The van der Waals surface area contributed by atoms with Crippen LogP contribution in [0.1, 0.15) is 26.3 Å². The molecule has 0 aromatic heterocycles. The quantitative estimate of drug-likeness (QED) is 0.230. The minimum atomic E-state index is 0.147. The van der Waals surface area contributed by atoms with Gasteiger partial charge in [-0.05, 0) is 93.8 Å². The molecule has 0 fully saturated rings. The Hall–Kier alpha value is -3.38. The van der Waals surface area contributed by atoms with Crippen LogP contribution >= 0.6 is 0 Å². The second-order valence-electron chi connectivity index (χ2n) is 9.87. The lowest BCUT2D eigenvalue weighted by molar-refractivity contribution is 0.591. The first kappa shape index (κ1) is 16.4. The van der Waals surface area contributed by atoms with E-state index in [2.05, 4.69) is 99.6 Å². The number of benzene rings is 6. The predicted octanol–water partition coefficient (Wildman–Crippen LogP) is 8.78. The molecule has 0 unspecified atom stereocenters. The Morgan fingerprint density at radius 1 is 0.433 bits per heavy atom. The number of hydrogen-bond acceptors (Lipinski definition) is 0. The Morgan fingerprint density at radius 2 is 0.967 bits per heavy atom. The van der Waals surface area contributed by atoms with Crippen molar-refractivity contribution in [2.75, 3.05) is 0 Å². The molecule has 0 bridgehead atoms. The largest absolute Gasteiger partial charge is 0.0616 e. The summed E-state index contributed by atoms with van der Waals surface area (Å²) in [5, 5.41) is 16.6. The zero-order valence-electron chi connectivity index (χ0n) is 17.5. The van der Waals surface area contributed by atoms with Gasteiger partial charge in [-0.3, -0.25) is 0 Å². The summed E-state index contributed by atoms with van der Waals surface area (Å²) < 4.78 is 0. The van der Waals surface area contributed by atoms with Gasteiger partial charge >= 0.3 is 0 Å². The van der Waals surface area contributed by atoms with E-state index in [1.807, 2.05) is 0 Å². The predicted molar refractivity (Wildman–Crippen MR) is 133 cm³/mol. The molecule has 0 aliphatic carbocycles. The Bertz CT molecular complexity index is 1730. The molecule has 142 valence electrons. The maximum absolute atomic E-state index is 2.41. The molecule has 30 heavy (non-hydrogen) atoms. The maximum atomic E-state index is 2.41. The van der Waals surface area contributed by atoms with Crippen molar-refractivity contribution in [1.82, 2.24) is 0 Å². The van der Waals surface area contributed by atoms with Gasteiger partial charge in [-0.25, -0.2) is 0 Å². The summed E-state index contributed by atoms with van der Waals surface area (Å²) in [4.78, 5) is 0. The average Bonchev–Trinajstić information content (AvgIpc) is 2.74. The number of rotatable bonds is 0. The van der Waals surface area contributed by atoms with Crippen LogP contribution < -0.4 is 0 Å². The third-order valence-corrected chi connectivity index (χ3v) is 7.03. The molecule has 0 nitrogen and oxygen atoms in total. The Kier molecular flexibility index (Phi) is 2.85. The monoisotopic (exact) mass is 382 g/mol. The Morgan fingerprint density at radius 3 is 1.60 bits per heavy atom. The van der Waals surface area contributed by atoms with Crippen LogP contribution in [-0.2, 0) is 5.41 Å². The van der Waals surface area contributed by atoms with Gasteiger partial charge in [-0.15, -0.1) is 0 Å². The molecule has 0 amide bonds. The zero-order valence-corrected chi connectivity index (χ0v) is 17.5. The highest BCUT2D eigenvalue weighted by Crippen LogP contribution is 2.46. The first-order chi connectivity index (χ1) is 14.5. The lowest BCUT2D eigenvalue weighted by atomic mass is 9.81. The van der Waals surface area contributed by atoms with Crippen LogP contribution in [-0.4, -0.2) is 0 Å². The molecule has 0 heterocycles. The second-order valence-corrected chi connectivity index (χ2v) is 9.87. The minimum Gasteiger partial charge on any atom is -0.0616 e. The van der Waals surface area contributed by atoms with Crippen molar-refractivity contribution >= 4 is 64.6 Å². The van der Waals surface area contributed by atoms with Crippen molar-refractivity contribution in [2.45, 2.75) is 26.2 Å². The summed E-state index contributed by atoms with van der Waals surface area (Å²) in [6.45, 7) is 6.89. The first-order valence-corrected chi connectivity index (χ1v) is 10.8. The molecule has 0 radical (unpaired) electrons. The van der Waals surface area contributed by atoms with Crippen molar-refractivity contribution in [2.24, 2.45) is 0 Å². The van der Waals surface area contributed by atoms with Gasteiger partial charge in [0.05, 0.1) is 0 Å². The van der Waals surface area contributed by atoms with Crippen molar-refractivity contribution in [3.05, 3.63) is 84.4 Å². The molecule has 0 N–H and O–H groups in total. The van der Waals surface area contributed by atoms with Crippen molar-refractivity contribution < 1.29 is 0 Å². The van der Waals surface area contributed by atoms with E-state index in [0.717, 1.165) is 0 Å². The van der Waals surface area contributed by atoms with Crippen molar-refractivity contribution in [3.63, 3.8) is 0 Å². The Labute approximate surface area is 175 Å². The fraction of sp³-hybridized carbons (Fsp3) is 0.133. The summed E-state index contributed by atoms with van der Waals surface area (Å²) in [5.74, 6) is 0. The fourth-order valence-corrected chi connectivity index (χ4v) is 5.44. The van der Waals surface area contributed by atoms with E-state index in [4.69, 9.17) is 0 Å². The summed E-state index contributed by atoms with van der Waals surface area (Å²) >= 11 is 0. The first-order valence-electron chi connectivity index (χ1n) is 10.8. The van der Waals surface area contributed by atoms with E-state index >= 15 is 0 Å². The van der Waals surface area contributed by atoms with E-state index < -0.39 is 0 Å². The summed E-state index contributed by atoms with van der Waals surface area (Å²) in [6, 6.07) is 29.9. The standard InChI is InChI=1S/C30H22/c1-30(2,3)22-12-19-8-9-21-16-26-24-14-17-6-4-5-7-18(17)15-25(24)29(26)23-11-10-20(13-22)27(19)28(21)23/h4-16H,1-3H3. The molecule has 7 aromatic carbocycles. The normalized spacial score (nSPS) is 13.2. The smallest absolute Gasteiger partial charge is 0.00195 e. The highest BCUT2D eigenvalue weighted by atomic mass is 14.2. The average molecular weight is 383 g/mol. The highest BCUT2D eigenvalue weighted by Gasteiger charge is 2.20. The summed E-state index contributed by atoms with van der Waals surface area (Å²) in [6.07, 6.45) is 0.